The van der Waals surface area contributed by atoms with Crippen LogP contribution in [-0.4, -0.2) is 18.8 Å². The number of rotatable bonds is 3. The van der Waals surface area contributed by atoms with Gasteiger partial charge in [-0.15, -0.1) is 0 Å². The van der Waals surface area contributed by atoms with E-state index in [1.165, 1.54) is 5.56 Å². The van der Waals surface area contributed by atoms with Gasteiger partial charge in [-0.25, -0.2) is 0 Å². The summed E-state index contributed by atoms with van der Waals surface area (Å²) in [5, 5.41) is 3.56. The molecule has 1 aromatic carbocycles. The molecule has 1 N–H and O–H groups in total. The molecular weight excluding hydrogens is 254 g/mol. The molecule has 1 unspecified atom stereocenters. The second-order valence-corrected chi connectivity index (χ2v) is 5.26. The highest BCUT2D eigenvalue weighted by atomic mass is 79.9. The van der Waals surface area contributed by atoms with Crippen molar-refractivity contribution >= 4 is 15.9 Å². The highest BCUT2D eigenvalue weighted by Gasteiger charge is 2.28. The molecule has 0 spiro atoms. The maximum Gasteiger partial charge on any atom is 0.0646 e. The maximum absolute atomic E-state index is 5.40. The molecule has 0 aromatic heterocycles. The summed E-state index contributed by atoms with van der Waals surface area (Å²) in [5.41, 5.74) is 1.46. The quantitative estimate of drug-likeness (QED) is 0.911. The van der Waals surface area contributed by atoms with Crippen molar-refractivity contribution in [1.29, 1.82) is 0 Å². The van der Waals surface area contributed by atoms with E-state index >= 15 is 0 Å². The fraction of sp³-hybridized carbons (Fsp3) is 0.500. The Morgan fingerprint density at radius 2 is 2.40 bits per heavy atom. The van der Waals surface area contributed by atoms with Crippen LogP contribution in [0.3, 0.4) is 0 Å². The minimum absolute atomic E-state index is 0.155. The van der Waals surface area contributed by atoms with E-state index in [0.29, 0.717) is 0 Å². The molecule has 82 valence electrons. The van der Waals surface area contributed by atoms with Crippen LogP contribution in [0.5, 0.6) is 0 Å². The Labute approximate surface area is 99.1 Å². The van der Waals surface area contributed by atoms with Gasteiger partial charge in [-0.2, -0.15) is 0 Å². The van der Waals surface area contributed by atoms with Gasteiger partial charge in [0, 0.05) is 23.2 Å². The lowest BCUT2D eigenvalue weighted by Gasteiger charge is -2.23. The van der Waals surface area contributed by atoms with Crippen LogP contribution in [0, 0.1) is 0 Å². The average molecular weight is 270 g/mol. The number of hydrogen-bond acceptors (Lipinski definition) is 2. The maximum atomic E-state index is 5.40. The third kappa shape index (κ3) is 3.03. The molecule has 15 heavy (non-hydrogen) atoms. The monoisotopic (exact) mass is 269 g/mol. The van der Waals surface area contributed by atoms with Gasteiger partial charge in [-0.1, -0.05) is 28.1 Å². The Morgan fingerprint density at radius 3 is 3.07 bits per heavy atom. The van der Waals surface area contributed by atoms with E-state index in [1.807, 2.05) is 6.07 Å². The predicted molar refractivity (Wildman–Crippen MR) is 64.8 cm³/mol. The predicted octanol–water partition coefficient (Wildman–Crippen LogP) is 2.72. The standard InChI is InChI=1S/C12H16BrNO/c1-12(5-6-15-9-12)14-8-10-3-2-4-11(13)7-10/h2-4,7,14H,5-6,8-9H2,1H3. The summed E-state index contributed by atoms with van der Waals surface area (Å²) in [6.07, 6.45) is 1.10. The Kier molecular flexibility index (Phi) is 3.44. The Hall–Kier alpha value is -0.380. The zero-order chi connectivity index (χ0) is 10.7. The number of hydrogen-bond donors (Lipinski definition) is 1. The summed E-state index contributed by atoms with van der Waals surface area (Å²) >= 11 is 3.48. The molecule has 0 radical (unpaired) electrons. The van der Waals surface area contributed by atoms with Crippen molar-refractivity contribution in [2.45, 2.75) is 25.4 Å². The SMILES string of the molecule is CC1(NCc2cccc(Br)c2)CCOC1. The molecule has 2 rings (SSSR count). The van der Waals surface area contributed by atoms with Gasteiger partial charge in [0.05, 0.1) is 6.61 Å². The molecule has 0 saturated carbocycles. The van der Waals surface area contributed by atoms with E-state index in [0.717, 1.165) is 30.7 Å². The highest BCUT2D eigenvalue weighted by Crippen LogP contribution is 2.19. The fourth-order valence-electron chi connectivity index (χ4n) is 1.77. The smallest absolute Gasteiger partial charge is 0.0646 e. The highest BCUT2D eigenvalue weighted by molar-refractivity contribution is 9.10. The van der Waals surface area contributed by atoms with Gasteiger partial charge in [0.25, 0.3) is 0 Å². The lowest BCUT2D eigenvalue weighted by atomic mass is 10.0. The Bertz CT molecular complexity index is 334. The van der Waals surface area contributed by atoms with Crippen LogP contribution in [0.25, 0.3) is 0 Å². The first kappa shape index (κ1) is 11.1. The first-order valence-corrected chi connectivity index (χ1v) is 6.04. The van der Waals surface area contributed by atoms with Crippen LogP contribution in [0.2, 0.25) is 0 Å². The summed E-state index contributed by atoms with van der Waals surface area (Å²) in [5.74, 6) is 0. The van der Waals surface area contributed by atoms with E-state index in [-0.39, 0.29) is 5.54 Å². The molecule has 0 amide bonds. The normalized spacial score (nSPS) is 25.7. The summed E-state index contributed by atoms with van der Waals surface area (Å²) in [4.78, 5) is 0. The van der Waals surface area contributed by atoms with E-state index in [9.17, 15) is 0 Å². The molecule has 1 fully saturated rings. The van der Waals surface area contributed by atoms with E-state index in [4.69, 9.17) is 4.74 Å². The zero-order valence-corrected chi connectivity index (χ0v) is 10.5. The summed E-state index contributed by atoms with van der Waals surface area (Å²) in [6.45, 7) is 4.82. The lowest BCUT2D eigenvalue weighted by molar-refractivity contribution is 0.171. The summed E-state index contributed by atoms with van der Waals surface area (Å²) < 4.78 is 6.53. The second kappa shape index (κ2) is 4.64. The van der Waals surface area contributed by atoms with Crippen LogP contribution in [-0.2, 0) is 11.3 Å². The van der Waals surface area contributed by atoms with Crippen molar-refractivity contribution in [1.82, 2.24) is 5.32 Å². The van der Waals surface area contributed by atoms with Gasteiger partial charge < -0.3 is 10.1 Å². The minimum atomic E-state index is 0.155. The molecule has 1 aliphatic heterocycles. The van der Waals surface area contributed by atoms with Gasteiger partial charge in [-0.05, 0) is 31.0 Å². The van der Waals surface area contributed by atoms with Gasteiger partial charge in [0.1, 0.15) is 0 Å². The molecule has 1 aromatic rings. The van der Waals surface area contributed by atoms with Crippen molar-refractivity contribution in [2.75, 3.05) is 13.2 Å². The number of ether oxygens (including phenoxy) is 1. The minimum Gasteiger partial charge on any atom is -0.379 e. The van der Waals surface area contributed by atoms with E-state index in [1.54, 1.807) is 0 Å². The molecule has 0 bridgehead atoms. The van der Waals surface area contributed by atoms with Crippen LogP contribution in [0.4, 0.5) is 0 Å². The van der Waals surface area contributed by atoms with Crippen LogP contribution >= 0.6 is 15.9 Å². The third-order valence-corrected chi connectivity index (χ3v) is 3.32. The van der Waals surface area contributed by atoms with Crippen LogP contribution < -0.4 is 5.32 Å². The number of nitrogens with one attached hydrogen (secondary N) is 1. The number of halogens is 1. The first-order chi connectivity index (χ1) is 7.18. The second-order valence-electron chi connectivity index (χ2n) is 4.35. The van der Waals surface area contributed by atoms with Gasteiger partial charge in [0.2, 0.25) is 0 Å². The Balaban J connectivity index is 1.92. The Morgan fingerprint density at radius 1 is 1.53 bits per heavy atom. The van der Waals surface area contributed by atoms with Gasteiger partial charge in [0.15, 0.2) is 0 Å². The average Bonchev–Trinajstić information content (AvgIpc) is 2.63. The third-order valence-electron chi connectivity index (χ3n) is 2.83. The molecule has 0 aliphatic carbocycles. The fourth-order valence-corrected chi connectivity index (χ4v) is 2.22. The molecule has 3 heteroatoms. The van der Waals surface area contributed by atoms with Gasteiger partial charge in [-0.3, -0.25) is 0 Å². The molecule has 2 nitrogen and oxygen atoms in total. The molecule has 1 saturated heterocycles. The van der Waals surface area contributed by atoms with Crippen LogP contribution in [0.1, 0.15) is 18.9 Å². The molecular formula is C12H16BrNO. The van der Waals surface area contributed by atoms with E-state index in [2.05, 4.69) is 46.4 Å². The van der Waals surface area contributed by atoms with Crippen molar-refractivity contribution in [2.24, 2.45) is 0 Å². The van der Waals surface area contributed by atoms with Crippen molar-refractivity contribution in [3.63, 3.8) is 0 Å². The molecule has 1 atom stereocenters. The van der Waals surface area contributed by atoms with Crippen molar-refractivity contribution in [3.05, 3.63) is 34.3 Å². The van der Waals surface area contributed by atoms with E-state index < -0.39 is 0 Å². The zero-order valence-electron chi connectivity index (χ0n) is 8.92. The topological polar surface area (TPSA) is 21.3 Å². The molecule has 1 heterocycles. The summed E-state index contributed by atoms with van der Waals surface area (Å²) in [7, 11) is 0. The largest absolute Gasteiger partial charge is 0.379 e. The first-order valence-electron chi connectivity index (χ1n) is 5.25. The number of benzene rings is 1. The van der Waals surface area contributed by atoms with Gasteiger partial charge >= 0.3 is 0 Å². The lowest BCUT2D eigenvalue weighted by Crippen LogP contribution is -2.42. The summed E-state index contributed by atoms with van der Waals surface area (Å²) in [6, 6.07) is 8.39. The molecule has 1 aliphatic rings. The van der Waals surface area contributed by atoms with Crippen molar-refractivity contribution < 1.29 is 4.74 Å². The van der Waals surface area contributed by atoms with Crippen LogP contribution in [0.15, 0.2) is 28.7 Å². The van der Waals surface area contributed by atoms with Crippen molar-refractivity contribution in [3.8, 4) is 0 Å².